The number of anilines is 3. The molecule has 0 saturated carbocycles. The van der Waals surface area contributed by atoms with E-state index in [0.29, 0.717) is 0 Å². The fraction of sp³-hybridized carbons (Fsp3) is 0. The van der Waals surface area contributed by atoms with E-state index in [1.54, 1.807) is 0 Å². The van der Waals surface area contributed by atoms with Crippen molar-refractivity contribution in [3.8, 4) is 11.1 Å². The van der Waals surface area contributed by atoms with Crippen LogP contribution in [0.3, 0.4) is 0 Å². The van der Waals surface area contributed by atoms with E-state index < -0.39 is 0 Å². The second-order valence-electron chi connectivity index (χ2n) is 11.7. The molecule has 0 radical (unpaired) electrons. The largest absolute Gasteiger partial charge is 0.308 e. The van der Waals surface area contributed by atoms with E-state index >= 15 is 0 Å². The van der Waals surface area contributed by atoms with Gasteiger partial charge in [0, 0.05) is 42.7 Å². The van der Waals surface area contributed by atoms with E-state index in [0.717, 1.165) is 5.69 Å². The van der Waals surface area contributed by atoms with Gasteiger partial charge in [-0.15, -0.1) is 11.3 Å². The molecule has 0 atom stereocenters. The maximum absolute atomic E-state index is 2.49. The standard InChI is InChI=1S/C42H26N2S/c1-2-11-27(12-3-1)28-21-23-29(24-22-28)43(38-19-10-16-33-31-14-6-9-20-39(31)45-42(33)38)37-26-25-32-30-13-4-7-17-35(30)44-36-18-8-5-15-34(36)40(37)41(32)44/h1-26H. The minimum atomic E-state index is 1.14. The fourth-order valence-electron chi connectivity index (χ4n) is 7.38. The summed E-state index contributed by atoms with van der Waals surface area (Å²) in [5.74, 6) is 0. The zero-order valence-electron chi connectivity index (χ0n) is 24.3. The number of nitrogens with zero attached hydrogens (tertiary/aromatic N) is 2. The molecule has 10 aromatic rings. The van der Waals surface area contributed by atoms with Gasteiger partial charge in [0.1, 0.15) is 0 Å². The van der Waals surface area contributed by atoms with Gasteiger partial charge in [0.05, 0.1) is 32.6 Å². The molecule has 2 nitrogen and oxygen atoms in total. The summed E-state index contributed by atoms with van der Waals surface area (Å²) in [5.41, 5.74) is 9.74. The molecule has 7 aromatic carbocycles. The molecule has 210 valence electrons. The lowest BCUT2D eigenvalue weighted by Crippen LogP contribution is -2.10. The topological polar surface area (TPSA) is 7.65 Å². The summed E-state index contributed by atoms with van der Waals surface area (Å²) in [5, 5.41) is 7.74. The average molecular weight is 591 g/mol. The Bertz CT molecular complexity index is 2700. The van der Waals surface area contributed by atoms with Crippen molar-refractivity contribution in [2.45, 2.75) is 0 Å². The van der Waals surface area contributed by atoms with Crippen molar-refractivity contribution in [1.29, 1.82) is 0 Å². The van der Waals surface area contributed by atoms with Gasteiger partial charge in [-0.05, 0) is 53.6 Å². The molecule has 0 saturated heterocycles. The molecule has 0 amide bonds. The van der Waals surface area contributed by atoms with Crippen LogP contribution in [0, 0.1) is 0 Å². The third-order valence-electron chi connectivity index (χ3n) is 9.33. The van der Waals surface area contributed by atoms with Crippen LogP contribution in [0.2, 0.25) is 0 Å². The number of para-hydroxylation sites is 2. The van der Waals surface area contributed by atoms with Crippen LogP contribution in [0.25, 0.3) is 69.4 Å². The maximum atomic E-state index is 2.49. The van der Waals surface area contributed by atoms with Gasteiger partial charge in [0.15, 0.2) is 0 Å². The first-order chi connectivity index (χ1) is 22.3. The number of fused-ring (bicyclic) bond motifs is 9. The lowest BCUT2D eigenvalue weighted by Gasteiger charge is -2.27. The van der Waals surface area contributed by atoms with Gasteiger partial charge in [-0.25, -0.2) is 0 Å². The summed E-state index contributed by atoms with van der Waals surface area (Å²) in [4.78, 5) is 2.49. The zero-order valence-corrected chi connectivity index (χ0v) is 25.1. The summed E-state index contributed by atoms with van der Waals surface area (Å²) >= 11 is 1.88. The number of thiophene rings is 1. The van der Waals surface area contributed by atoms with Gasteiger partial charge >= 0.3 is 0 Å². The van der Waals surface area contributed by atoms with Crippen molar-refractivity contribution in [1.82, 2.24) is 4.40 Å². The molecule has 0 N–H and O–H groups in total. The maximum Gasteiger partial charge on any atom is 0.0641 e. The quantitative estimate of drug-likeness (QED) is 0.198. The van der Waals surface area contributed by atoms with Crippen LogP contribution in [-0.4, -0.2) is 4.40 Å². The van der Waals surface area contributed by atoms with Gasteiger partial charge in [-0.3, -0.25) is 0 Å². The highest BCUT2D eigenvalue weighted by molar-refractivity contribution is 7.26. The van der Waals surface area contributed by atoms with Crippen LogP contribution in [-0.2, 0) is 0 Å². The Morgan fingerprint density at radius 3 is 1.89 bits per heavy atom. The first-order valence-corrected chi connectivity index (χ1v) is 16.2. The highest BCUT2D eigenvalue weighted by Crippen LogP contribution is 2.50. The summed E-state index contributed by atoms with van der Waals surface area (Å²) in [7, 11) is 0. The molecule has 3 heteroatoms. The molecule has 3 aromatic heterocycles. The van der Waals surface area contributed by atoms with Crippen molar-refractivity contribution in [2.75, 3.05) is 4.90 Å². The molecule has 0 fully saturated rings. The zero-order chi connectivity index (χ0) is 29.5. The fourth-order valence-corrected chi connectivity index (χ4v) is 8.59. The highest BCUT2D eigenvalue weighted by Gasteiger charge is 2.25. The smallest absolute Gasteiger partial charge is 0.0641 e. The van der Waals surface area contributed by atoms with Gasteiger partial charge in [0.2, 0.25) is 0 Å². The van der Waals surface area contributed by atoms with Crippen LogP contribution in [0.5, 0.6) is 0 Å². The van der Waals surface area contributed by atoms with Crippen molar-refractivity contribution in [3.63, 3.8) is 0 Å². The molecular weight excluding hydrogens is 565 g/mol. The molecule has 0 unspecified atom stereocenters. The third kappa shape index (κ3) is 3.50. The van der Waals surface area contributed by atoms with Crippen LogP contribution in [0.15, 0.2) is 158 Å². The van der Waals surface area contributed by atoms with Crippen molar-refractivity contribution in [3.05, 3.63) is 158 Å². The van der Waals surface area contributed by atoms with Crippen LogP contribution in [0.1, 0.15) is 0 Å². The molecule has 0 bridgehead atoms. The predicted octanol–water partition coefficient (Wildman–Crippen LogP) is 12.3. The average Bonchev–Trinajstić information content (AvgIpc) is 3.77. The molecule has 0 aliphatic rings. The Balaban J connectivity index is 1.32. The van der Waals surface area contributed by atoms with Crippen LogP contribution < -0.4 is 4.90 Å². The van der Waals surface area contributed by atoms with Crippen LogP contribution in [0.4, 0.5) is 17.1 Å². The van der Waals surface area contributed by atoms with Gasteiger partial charge in [0.25, 0.3) is 0 Å². The highest BCUT2D eigenvalue weighted by atomic mass is 32.1. The van der Waals surface area contributed by atoms with E-state index in [9.17, 15) is 0 Å². The molecule has 0 aliphatic carbocycles. The molecule has 3 heterocycles. The van der Waals surface area contributed by atoms with Crippen LogP contribution >= 0.6 is 11.3 Å². The lowest BCUT2D eigenvalue weighted by atomic mass is 10.0. The molecule has 0 spiro atoms. The SMILES string of the molecule is c1ccc(-c2ccc(N(c3cccc4c3sc3ccccc34)c3ccc4c5ccccc5n5c6ccccc6c3c45)cc2)cc1. The van der Waals surface area contributed by atoms with E-state index in [1.165, 1.54) is 80.8 Å². The van der Waals surface area contributed by atoms with Gasteiger partial charge in [-0.2, -0.15) is 0 Å². The number of hydrogen-bond donors (Lipinski definition) is 0. The molecular formula is C42H26N2S. The minimum absolute atomic E-state index is 1.14. The summed E-state index contributed by atoms with van der Waals surface area (Å²) in [6.07, 6.45) is 0. The van der Waals surface area contributed by atoms with Crippen molar-refractivity contribution < 1.29 is 0 Å². The van der Waals surface area contributed by atoms with Crippen molar-refractivity contribution >= 4 is 86.7 Å². The summed E-state index contributed by atoms with van der Waals surface area (Å²) in [6, 6.07) is 57.6. The third-order valence-corrected chi connectivity index (χ3v) is 10.5. The molecule has 10 rings (SSSR count). The Morgan fingerprint density at radius 1 is 0.422 bits per heavy atom. The minimum Gasteiger partial charge on any atom is -0.308 e. The molecule has 0 aliphatic heterocycles. The number of aromatic nitrogens is 1. The number of benzene rings is 7. The summed E-state index contributed by atoms with van der Waals surface area (Å²) < 4.78 is 5.07. The monoisotopic (exact) mass is 590 g/mol. The van der Waals surface area contributed by atoms with E-state index in [1.807, 2.05) is 11.3 Å². The Hall–Kier alpha value is -5.64. The first kappa shape index (κ1) is 24.8. The lowest BCUT2D eigenvalue weighted by molar-refractivity contribution is 1.32. The van der Waals surface area contributed by atoms with Crippen molar-refractivity contribution in [2.24, 2.45) is 0 Å². The predicted molar refractivity (Wildman–Crippen MR) is 194 cm³/mol. The summed E-state index contributed by atoms with van der Waals surface area (Å²) in [6.45, 7) is 0. The van der Waals surface area contributed by atoms with Gasteiger partial charge < -0.3 is 9.30 Å². The van der Waals surface area contributed by atoms with Gasteiger partial charge in [-0.1, -0.05) is 115 Å². The van der Waals surface area contributed by atoms with E-state index in [2.05, 4.69) is 167 Å². The Labute approximate surface area is 264 Å². The first-order valence-electron chi connectivity index (χ1n) is 15.4. The second-order valence-corrected chi connectivity index (χ2v) is 12.8. The Kier molecular flexibility index (Phi) is 5.19. The number of hydrogen-bond acceptors (Lipinski definition) is 2. The second kappa shape index (κ2) is 9.43. The van der Waals surface area contributed by atoms with E-state index in [-0.39, 0.29) is 0 Å². The normalized spacial score (nSPS) is 12.0. The molecule has 45 heavy (non-hydrogen) atoms. The van der Waals surface area contributed by atoms with E-state index in [4.69, 9.17) is 0 Å². The number of rotatable bonds is 4. The Morgan fingerprint density at radius 2 is 1.07 bits per heavy atom.